The molecular weight excluding hydrogens is 224 g/mol. The Labute approximate surface area is 97.5 Å². The average Bonchev–Trinajstić information content (AvgIpc) is 2.82. The van der Waals surface area contributed by atoms with Crippen molar-refractivity contribution in [2.24, 2.45) is 0 Å². The van der Waals surface area contributed by atoms with Crippen molar-refractivity contribution in [1.29, 1.82) is 5.26 Å². The van der Waals surface area contributed by atoms with Crippen LogP contribution in [-0.2, 0) is 4.74 Å². The van der Waals surface area contributed by atoms with Crippen LogP contribution in [0.2, 0.25) is 0 Å². The fourth-order valence-corrected chi connectivity index (χ4v) is 1.61. The van der Waals surface area contributed by atoms with E-state index in [-0.39, 0.29) is 23.1 Å². The van der Waals surface area contributed by atoms with Crippen molar-refractivity contribution >= 4 is 5.69 Å². The Kier molecular flexibility index (Phi) is 3.21. The zero-order valence-electron chi connectivity index (χ0n) is 8.96. The van der Waals surface area contributed by atoms with Gasteiger partial charge in [-0.05, 0) is 12.1 Å². The van der Waals surface area contributed by atoms with Crippen LogP contribution in [0.25, 0.3) is 0 Å². The van der Waals surface area contributed by atoms with Gasteiger partial charge in [0.1, 0.15) is 6.10 Å². The van der Waals surface area contributed by atoms with Crippen LogP contribution in [0.1, 0.15) is 12.0 Å². The summed E-state index contributed by atoms with van der Waals surface area (Å²) in [6.07, 6.45) is 0.568. The lowest BCUT2D eigenvalue weighted by molar-refractivity contribution is -0.386. The second kappa shape index (κ2) is 4.80. The number of nitrogens with zero attached hydrogens (tertiary/aromatic N) is 2. The van der Waals surface area contributed by atoms with E-state index in [0.717, 1.165) is 6.42 Å². The topological polar surface area (TPSA) is 85.4 Å². The Morgan fingerprint density at radius 2 is 2.41 bits per heavy atom. The number of benzene rings is 1. The summed E-state index contributed by atoms with van der Waals surface area (Å²) in [7, 11) is 0. The van der Waals surface area contributed by atoms with Crippen LogP contribution >= 0.6 is 0 Å². The first kappa shape index (κ1) is 11.4. The lowest BCUT2D eigenvalue weighted by atomic mass is 10.2. The quantitative estimate of drug-likeness (QED) is 0.586. The minimum Gasteiger partial charge on any atom is -0.481 e. The lowest BCUT2D eigenvalue weighted by Crippen LogP contribution is -2.16. The highest BCUT2D eigenvalue weighted by Crippen LogP contribution is 2.29. The second-order valence-electron chi connectivity index (χ2n) is 3.65. The van der Waals surface area contributed by atoms with Crippen molar-refractivity contribution in [2.45, 2.75) is 12.5 Å². The normalized spacial score (nSPS) is 18.6. The predicted octanol–water partition coefficient (Wildman–Crippen LogP) is 1.63. The Morgan fingerprint density at radius 1 is 1.59 bits per heavy atom. The summed E-state index contributed by atoms with van der Waals surface area (Å²) >= 11 is 0. The molecule has 0 bridgehead atoms. The highest BCUT2D eigenvalue weighted by Gasteiger charge is 2.22. The van der Waals surface area contributed by atoms with Crippen molar-refractivity contribution in [2.75, 3.05) is 13.2 Å². The number of nitro groups is 1. The van der Waals surface area contributed by atoms with Crippen LogP contribution in [0, 0.1) is 21.4 Å². The van der Waals surface area contributed by atoms with Gasteiger partial charge in [-0.1, -0.05) is 0 Å². The monoisotopic (exact) mass is 234 g/mol. The number of hydrogen-bond donors (Lipinski definition) is 0. The van der Waals surface area contributed by atoms with E-state index in [0.29, 0.717) is 13.2 Å². The van der Waals surface area contributed by atoms with Gasteiger partial charge >= 0.3 is 5.69 Å². The number of rotatable bonds is 3. The van der Waals surface area contributed by atoms with E-state index in [9.17, 15) is 10.1 Å². The van der Waals surface area contributed by atoms with Crippen molar-refractivity contribution in [1.82, 2.24) is 0 Å². The third kappa shape index (κ3) is 2.52. The molecule has 1 heterocycles. The summed E-state index contributed by atoms with van der Waals surface area (Å²) in [5.74, 6) is 0.185. The molecule has 1 saturated heterocycles. The molecule has 0 saturated carbocycles. The fourth-order valence-electron chi connectivity index (χ4n) is 1.61. The summed E-state index contributed by atoms with van der Waals surface area (Å²) in [6, 6.07) is 6.02. The van der Waals surface area contributed by atoms with E-state index in [2.05, 4.69) is 0 Å². The molecule has 6 heteroatoms. The molecule has 1 aromatic carbocycles. The highest BCUT2D eigenvalue weighted by molar-refractivity contribution is 5.51. The fraction of sp³-hybridized carbons (Fsp3) is 0.364. The minimum atomic E-state index is -0.550. The van der Waals surface area contributed by atoms with Crippen LogP contribution < -0.4 is 4.74 Å². The van der Waals surface area contributed by atoms with Gasteiger partial charge in [0.15, 0.2) is 5.75 Å². The maximum absolute atomic E-state index is 10.8. The van der Waals surface area contributed by atoms with Gasteiger partial charge in [0.05, 0.1) is 29.8 Å². The summed E-state index contributed by atoms with van der Waals surface area (Å²) in [5.41, 5.74) is 0.0580. The van der Waals surface area contributed by atoms with Crippen molar-refractivity contribution in [3.05, 3.63) is 33.9 Å². The molecule has 1 aromatic rings. The third-order valence-electron chi connectivity index (χ3n) is 2.47. The average molecular weight is 234 g/mol. The molecule has 0 radical (unpaired) electrons. The maximum atomic E-state index is 10.8. The predicted molar refractivity (Wildman–Crippen MR) is 57.7 cm³/mol. The van der Waals surface area contributed by atoms with Crippen LogP contribution in [0.4, 0.5) is 5.69 Å². The molecule has 0 aliphatic carbocycles. The number of nitro benzene ring substituents is 1. The van der Waals surface area contributed by atoms with Gasteiger partial charge in [0.25, 0.3) is 0 Å². The van der Waals surface area contributed by atoms with E-state index in [4.69, 9.17) is 14.7 Å². The Bertz CT molecular complexity index is 475. The van der Waals surface area contributed by atoms with Crippen LogP contribution in [-0.4, -0.2) is 24.2 Å². The largest absolute Gasteiger partial charge is 0.481 e. The van der Waals surface area contributed by atoms with Gasteiger partial charge in [-0.3, -0.25) is 10.1 Å². The molecule has 0 amide bonds. The van der Waals surface area contributed by atoms with Gasteiger partial charge in [-0.25, -0.2) is 0 Å². The molecule has 0 aromatic heterocycles. The standard InChI is InChI=1S/C11H10N2O4/c12-6-8-1-2-11(10(5-8)13(14)15)17-9-3-4-16-7-9/h1-2,5,9H,3-4,7H2/t9-/m0/s1. The summed E-state index contributed by atoms with van der Waals surface area (Å²) in [4.78, 5) is 10.3. The lowest BCUT2D eigenvalue weighted by Gasteiger charge is -2.11. The summed E-state index contributed by atoms with van der Waals surface area (Å²) in [6.45, 7) is 1.05. The molecule has 1 aliphatic heterocycles. The molecule has 1 atom stereocenters. The van der Waals surface area contributed by atoms with E-state index in [1.165, 1.54) is 18.2 Å². The number of nitriles is 1. The molecule has 1 aliphatic rings. The Balaban J connectivity index is 2.26. The first-order valence-corrected chi connectivity index (χ1v) is 5.13. The first-order chi connectivity index (χ1) is 8.20. The van der Waals surface area contributed by atoms with Crippen LogP contribution in [0.5, 0.6) is 5.75 Å². The van der Waals surface area contributed by atoms with Gasteiger partial charge in [0.2, 0.25) is 0 Å². The second-order valence-corrected chi connectivity index (χ2v) is 3.65. The van der Waals surface area contributed by atoms with E-state index < -0.39 is 4.92 Å². The zero-order valence-corrected chi connectivity index (χ0v) is 8.96. The molecule has 0 unspecified atom stereocenters. The molecule has 17 heavy (non-hydrogen) atoms. The van der Waals surface area contributed by atoms with E-state index >= 15 is 0 Å². The molecule has 6 nitrogen and oxygen atoms in total. The van der Waals surface area contributed by atoms with Crippen molar-refractivity contribution in [3.63, 3.8) is 0 Å². The molecule has 0 spiro atoms. The van der Waals surface area contributed by atoms with Gasteiger partial charge in [-0.15, -0.1) is 0 Å². The first-order valence-electron chi connectivity index (χ1n) is 5.13. The molecule has 2 rings (SSSR count). The van der Waals surface area contributed by atoms with Gasteiger partial charge in [-0.2, -0.15) is 5.26 Å². The van der Waals surface area contributed by atoms with E-state index in [1.807, 2.05) is 6.07 Å². The maximum Gasteiger partial charge on any atom is 0.312 e. The van der Waals surface area contributed by atoms with Crippen LogP contribution in [0.3, 0.4) is 0 Å². The molecule has 0 N–H and O–H groups in total. The summed E-state index contributed by atoms with van der Waals surface area (Å²) in [5, 5.41) is 19.5. The molecule has 1 fully saturated rings. The molecular formula is C11H10N2O4. The van der Waals surface area contributed by atoms with Crippen molar-refractivity contribution < 1.29 is 14.4 Å². The zero-order chi connectivity index (χ0) is 12.3. The highest BCUT2D eigenvalue weighted by atomic mass is 16.6. The third-order valence-corrected chi connectivity index (χ3v) is 2.47. The molecule has 88 valence electrons. The summed E-state index contributed by atoms with van der Waals surface area (Å²) < 4.78 is 10.6. The minimum absolute atomic E-state index is 0.151. The number of hydrogen-bond acceptors (Lipinski definition) is 5. The van der Waals surface area contributed by atoms with E-state index in [1.54, 1.807) is 0 Å². The van der Waals surface area contributed by atoms with Gasteiger partial charge < -0.3 is 9.47 Å². The van der Waals surface area contributed by atoms with Gasteiger partial charge in [0, 0.05) is 12.5 Å². The van der Waals surface area contributed by atoms with Crippen molar-refractivity contribution in [3.8, 4) is 11.8 Å². The Hall–Kier alpha value is -2.13. The Morgan fingerprint density at radius 3 is 3.00 bits per heavy atom. The van der Waals surface area contributed by atoms with Crippen LogP contribution in [0.15, 0.2) is 18.2 Å². The smallest absolute Gasteiger partial charge is 0.312 e. The number of ether oxygens (including phenoxy) is 2. The SMILES string of the molecule is N#Cc1ccc(O[C@H]2CCOC2)c([N+](=O)[O-])c1.